The normalized spacial score (nSPS) is 22.5. The molecule has 1 aromatic carbocycles. The molecule has 0 unspecified atom stereocenters. The Balaban J connectivity index is 1.50. The molecule has 0 amide bonds. The van der Waals surface area contributed by atoms with Crippen molar-refractivity contribution in [1.82, 2.24) is 13.9 Å². The maximum atomic E-state index is 12.9. The minimum Gasteiger partial charge on any atom is -0.490 e. The van der Waals surface area contributed by atoms with Crippen molar-refractivity contribution in [2.45, 2.75) is 43.7 Å². The molecule has 4 rings (SSSR count). The van der Waals surface area contributed by atoms with E-state index < -0.39 is 10.0 Å². The lowest BCUT2D eigenvalue weighted by atomic mass is 10.00. The Hall–Kier alpha value is -1.86. The SMILES string of the molecule is C[C@@H]1Cc2cc(S(=O)(=O)N(C)C[C@@H]3CCc4nccn4C3)ccc2O1. The molecule has 25 heavy (non-hydrogen) atoms. The van der Waals surface area contributed by atoms with Crippen LogP contribution in [0.2, 0.25) is 0 Å². The van der Waals surface area contributed by atoms with Crippen LogP contribution in [-0.4, -0.2) is 42.0 Å². The number of hydrogen-bond donors (Lipinski definition) is 0. The van der Waals surface area contributed by atoms with Crippen LogP contribution in [0.5, 0.6) is 5.75 Å². The summed E-state index contributed by atoms with van der Waals surface area (Å²) < 4.78 is 35.2. The standard InChI is InChI=1S/C18H23N3O3S/c1-13-9-15-10-16(4-5-17(15)24-13)25(22,23)20(2)11-14-3-6-18-19-7-8-21(18)12-14/h4-5,7-8,10,13-14H,3,6,9,11-12H2,1-2H3/t13-,14+/m1/s1. The van der Waals surface area contributed by atoms with E-state index in [1.807, 2.05) is 19.3 Å². The molecule has 6 nitrogen and oxygen atoms in total. The highest BCUT2D eigenvalue weighted by Gasteiger charge is 2.28. The highest BCUT2D eigenvalue weighted by atomic mass is 32.2. The quantitative estimate of drug-likeness (QED) is 0.836. The van der Waals surface area contributed by atoms with Gasteiger partial charge in [0.15, 0.2) is 0 Å². The first kappa shape index (κ1) is 16.6. The van der Waals surface area contributed by atoms with E-state index in [-0.39, 0.29) is 6.10 Å². The third kappa shape index (κ3) is 3.06. The number of nitrogens with zero attached hydrogens (tertiary/aromatic N) is 3. The average Bonchev–Trinajstić information content (AvgIpc) is 3.18. The van der Waals surface area contributed by atoms with Crippen molar-refractivity contribution in [3.8, 4) is 5.75 Å². The third-order valence-electron chi connectivity index (χ3n) is 5.12. The monoisotopic (exact) mass is 361 g/mol. The Bertz CT molecular complexity index is 891. The van der Waals surface area contributed by atoms with Crippen LogP contribution in [0.1, 0.15) is 24.7 Å². The van der Waals surface area contributed by atoms with Crippen molar-refractivity contribution in [2.24, 2.45) is 5.92 Å². The highest BCUT2D eigenvalue weighted by Crippen LogP contribution is 2.31. The van der Waals surface area contributed by atoms with Gasteiger partial charge in [-0.2, -0.15) is 0 Å². The van der Waals surface area contributed by atoms with Crippen LogP contribution >= 0.6 is 0 Å². The molecule has 0 bridgehead atoms. The number of aromatic nitrogens is 2. The number of ether oxygens (including phenoxy) is 1. The number of benzene rings is 1. The topological polar surface area (TPSA) is 64.4 Å². The Morgan fingerprint density at radius 3 is 3.08 bits per heavy atom. The third-order valence-corrected chi connectivity index (χ3v) is 6.94. The molecule has 0 radical (unpaired) electrons. The smallest absolute Gasteiger partial charge is 0.242 e. The summed E-state index contributed by atoms with van der Waals surface area (Å²) in [5, 5.41) is 0. The van der Waals surface area contributed by atoms with Crippen LogP contribution < -0.4 is 4.74 Å². The molecule has 0 fully saturated rings. The molecule has 0 N–H and O–H groups in total. The zero-order valence-corrected chi connectivity index (χ0v) is 15.4. The number of aryl methyl sites for hydroxylation is 1. The summed E-state index contributed by atoms with van der Waals surface area (Å²) in [6.45, 7) is 3.34. The number of imidazole rings is 1. The second-order valence-corrected chi connectivity index (χ2v) is 9.13. The van der Waals surface area contributed by atoms with Crippen LogP contribution in [0.25, 0.3) is 0 Å². The second kappa shape index (κ2) is 6.14. The summed E-state index contributed by atoms with van der Waals surface area (Å²) >= 11 is 0. The molecule has 134 valence electrons. The van der Waals surface area contributed by atoms with E-state index in [9.17, 15) is 8.42 Å². The van der Waals surface area contributed by atoms with Gasteiger partial charge in [0.25, 0.3) is 0 Å². The zero-order valence-electron chi connectivity index (χ0n) is 14.6. The summed E-state index contributed by atoms with van der Waals surface area (Å²) in [4.78, 5) is 4.68. The first-order valence-electron chi connectivity index (χ1n) is 8.69. The number of sulfonamides is 1. The van der Waals surface area contributed by atoms with Gasteiger partial charge in [0, 0.05) is 45.4 Å². The molecule has 2 aliphatic heterocycles. The summed E-state index contributed by atoms with van der Waals surface area (Å²) in [7, 11) is -1.82. The van der Waals surface area contributed by atoms with Gasteiger partial charge in [0.2, 0.25) is 10.0 Å². The molecule has 0 spiro atoms. The van der Waals surface area contributed by atoms with Crippen LogP contribution in [0.15, 0.2) is 35.5 Å². The Morgan fingerprint density at radius 2 is 2.24 bits per heavy atom. The largest absolute Gasteiger partial charge is 0.490 e. The van der Waals surface area contributed by atoms with Crippen molar-refractivity contribution >= 4 is 10.0 Å². The van der Waals surface area contributed by atoms with E-state index in [4.69, 9.17) is 4.74 Å². The zero-order chi connectivity index (χ0) is 17.6. The van der Waals surface area contributed by atoms with Crippen molar-refractivity contribution in [3.63, 3.8) is 0 Å². The predicted molar refractivity (Wildman–Crippen MR) is 94.1 cm³/mol. The lowest BCUT2D eigenvalue weighted by Gasteiger charge is -2.27. The van der Waals surface area contributed by atoms with E-state index >= 15 is 0 Å². The predicted octanol–water partition coefficient (Wildman–Crippen LogP) is 2.09. The molecule has 2 aromatic rings. The van der Waals surface area contributed by atoms with E-state index in [0.717, 1.165) is 42.9 Å². The van der Waals surface area contributed by atoms with Gasteiger partial charge >= 0.3 is 0 Å². The highest BCUT2D eigenvalue weighted by molar-refractivity contribution is 7.89. The molecule has 1 aromatic heterocycles. The Kier molecular flexibility index (Phi) is 4.08. The summed E-state index contributed by atoms with van der Waals surface area (Å²) in [5.41, 5.74) is 0.975. The first-order valence-corrected chi connectivity index (χ1v) is 10.1. The van der Waals surface area contributed by atoms with Gasteiger partial charge in [-0.15, -0.1) is 0 Å². The van der Waals surface area contributed by atoms with Gasteiger partial charge in [0.05, 0.1) is 4.90 Å². The fourth-order valence-corrected chi connectivity index (χ4v) is 5.08. The molecule has 2 atom stereocenters. The summed E-state index contributed by atoms with van der Waals surface area (Å²) in [6.07, 6.45) is 6.52. The van der Waals surface area contributed by atoms with Gasteiger partial charge in [-0.05, 0) is 43.0 Å². The molecule has 7 heteroatoms. The Labute approximate surface area is 148 Å². The van der Waals surface area contributed by atoms with Gasteiger partial charge in [-0.1, -0.05) is 0 Å². The van der Waals surface area contributed by atoms with Crippen molar-refractivity contribution in [3.05, 3.63) is 42.0 Å². The summed E-state index contributed by atoms with van der Waals surface area (Å²) in [6, 6.07) is 5.19. The maximum absolute atomic E-state index is 12.9. The number of hydrogen-bond acceptors (Lipinski definition) is 4. The van der Waals surface area contributed by atoms with Gasteiger partial charge < -0.3 is 9.30 Å². The van der Waals surface area contributed by atoms with E-state index in [1.54, 1.807) is 25.2 Å². The average molecular weight is 361 g/mol. The van der Waals surface area contributed by atoms with Crippen molar-refractivity contribution < 1.29 is 13.2 Å². The molecule has 0 saturated heterocycles. The second-order valence-electron chi connectivity index (χ2n) is 7.09. The minimum absolute atomic E-state index is 0.109. The molecule has 3 heterocycles. The van der Waals surface area contributed by atoms with Crippen molar-refractivity contribution in [1.29, 1.82) is 0 Å². The lowest BCUT2D eigenvalue weighted by Crippen LogP contribution is -2.35. The molecular weight excluding hydrogens is 338 g/mol. The Morgan fingerprint density at radius 1 is 1.40 bits per heavy atom. The number of rotatable bonds is 4. The van der Waals surface area contributed by atoms with Crippen LogP contribution in [0.4, 0.5) is 0 Å². The van der Waals surface area contributed by atoms with Gasteiger partial charge in [-0.25, -0.2) is 17.7 Å². The van der Waals surface area contributed by atoms with Crippen LogP contribution in [-0.2, 0) is 29.4 Å². The van der Waals surface area contributed by atoms with E-state index in [2.05, 4.69) is 9.55 Å². The van der Waals surface area contributed by atoms with Crippen LogP contribution in [0, 0.1) is 5.92 Å². The summed E-state index contributed by atoms with van der Waals surface area (Å²) in [5.74, 6) is 2.20. The molecule has 0 saturated carbocycles. The minimum atomic E-state index is -3.49. The molecule has 0 aliphatic carbocycles. The van der Waals surface area contributed by atoms with E-state index in [1.165, 1.54) is 4.31 Å². The van der Waals surface area contributed by atoms with Gasteiger partial charge in [-0.3, -0.25) is 0 Å². The maximum Gasteiger partial charge on any atom is 0.242 e. The first-order chi connectivity index (χ1) is 11.9. The van der Waals surface area contributed by atoms with Gasteiger partial charge in [0.1, 0.15) is 17.7 Å². The number of fused-ring (bicyclic) bond motifs is 2. The van der Waals surface area contributed by atoms with E-state index in [0.29, 0.717) is 17.4 Å². The fourth-order valence-electron chi connectivity index (χ4n) is 3.79. The lowest BCUT2D eigenvalue weighted by molar-refractivity contribution is 0.254. The molecule has 2 aliphatic rings. The van der Waals surface area contributed by atoms with Crippen LogP contribution in [0.3, 0.4) is 0 Å². The molecular formula is C18H23N3O3S. The van der Waals surface area contributed by atoms with Crippen molar-refractivity contribution in [2.75, 3.05) is 13.6 Å². The fraction of sp³-hybridized carbons (Fsp3) is 0.500.